The van der Waals surface area contributed by atoms with Gasteiger partial charge in [0, 0.05) is 12.6 Å². The topological polar surface area (TPSA) is 23.5 Å². The Balaban J connectivity index is 1.98. The minimum atomic E-state index is -0.622. The summed E-state index contributed by atoms with van der Waals surface area (Å²) in [6.45, 7) is 1.15. The maximum atomic E-state index is 11.0. The van der Waals surface area contributed by atoms with E-state index in [1.54, 1.807) is 0 Å². The molecule has 3 rings (SSSR count). The van der Waals surface area contributed by atoms with Gasteiger partial charge in [0.05, 0.1) is 0 Å². The second kappa shape index (κ2) is 3.57. The van der Waals surface area contributed by atoms with Crippen molar-refractivity contribution in [2.75, 3.05) is 13.6 Å². The lowest BCUT2D eigenvalue weighted by Crippen LogP contribution is -2.46. The highest BCUT2D eigenvalue weighted by molar-refractivity contribution is 5.26. The lowest BCUT2D eigenvalue weighted by Gasteiger charge is -2.40. The molecule has 1 aromatic carbocycles. The predicted molar refractivity (Wildman–Crippen MR) is 64.1 cm³/mol. The lowest BCUT2D eigenvalue weighted by molar-refractivity contribution is -0.0484. The first-order valence-corrected chi connectivity index (χ1v) is 6.18. The number of nitrogens with zero attached hydrogens (tertiary/aromatic N) is 1. The molecule has 1 saturated heterocycles. The van der Waals surface area contributed by atoms with E-state index in [1.165, 1.54) is 0 Å². The Kier molecular flexibility index (Phi) is 2.30. The molecule has 1 heterocycles. The van der Waals surface area contributed by atoms with E-state index in [-0.39, 0.29) is 0 Å². The Morgan fingerprint density at radius 2 is 2.06 bits per heavy atom. The van der Waals surface area contributed by atoms with Gasteiger partial charge in [-0.3, -0.25) is 4.90 Å². The molecule has 1 aliphatic heterocycles. The summed E-state index contributed by atoms with van der Waals surface area (Å²) >= 11 is 0. The van der Waals surface area contributed by atoms with E-state index in [0.29, 0.717) is 6.04 Å². The molecule has 2 nitrogen and oxygen atoms in total. The highest BCUT2D eigenvalue weighted by atomic mass is 16.3. The molecule has 0 spiro atoms. The van der Waals surface area contributed by atoms with Crippen molar-refractivity contribution in [3.8, 4) is 0 Å². The minimum absolute atomic E-state index is 0.314. The zero-order chi connectivity index (χ0) is 11.2. The van der Waals surface area contributed by atoms with Crippen LogP contribution >= 0.6 is 0 Å². The van der Waals surface area contributed by atoms with Crippen molar-refractivity contribution in [3.63, 3.8) is 0 Å². The lowest BCUT2D eigenvalue weighted by atomic mass is 9.74. The first-order valence-electron chi connectivity index (χ1n) is 6.18. The summed E-state index contributed by atoms with van der Waals surface area (Å²) in [4.78, 5) is 2.34. The van der Waals surface area contributed by atoms with E-state index in [0.717, 1.165) is 37.3 Å². The van der Waals surface area contributed by atoms with Crippen molar-refractivity contribution >= 4 is 0 Å². The number of likely N-dealkylation sites (N-methyl/N-ethyl adjacent to an activating group) is 1. The Bertz CT molecular complexity index is 378. The molecular weight excluding hydrogens is 198 g/mol. The van der Waals surface area contributed by atoms with Crippen LogP contribution in [0.2, 0.25) is 0 Å². The quantitative estimate of drug-likeness (QED) is 0.777. The molecule has 1 N–H and O–H groups in total. The van der Waals surface area contributed by atoms with Gasteiger partial charge in [-0.1, -0.05) is 30.3 Å². The van der Waals surface area contributed by atoms with Gasteiger partial charge in [-0.2, -0.15) is 0 Å². The number of benzene rings is 1. The van der Waals surface area contributed by atoms with Crippen LogP contribution in [0.25, 0.3) is 0 Å². The standard InChI is InChI=1S/C14H19NO/c1-15-10-11-7-8-14(16,13(15)9-11)12-5-3-2-4-6-12/h2-6,11,13,16H,7-10H2,1H3. The van der Waals surface area contributed by atoms with Crippen molar-refractivity contribution in [2.24, 2.45) is 5.92 Å². The van der Waals surface area contributed by atoms with E-state index in [2.05, 4.69) is 24.1 Å². The molecule has 3 unspecified atom stereocenters. The Morgan fingerprint density at radius 3 is 2.81 bits per heavy atom. The minimum Gasteiger partial charge on any atom is -0.384 e. The van der Waals surface area contributed by atoms with Crippen molar-refractivity contribution in [1.29, 1.82) is 0 Å². The van der Waals surface area contributed by atoms with Crippen LogP contribution in [0.15, 0.2) is 30.3 Å². The fraction of sp³-hybridized carbons (Fsp3) is 0.571. The van der Waals surface area contributed by atoms with Crippen LogP contribution in [0, 0.1) is 5.92 Å². The summed E-state index contributed by atoms with van der Waals surface area (Å²) in [6, 6.07) is 10.5. The first-order chi connectivity index (χ1) is 7.70. The van der Waals surface area contributed by atoms with Gasteiger partial charge in [0.1, 0.15) is 5.60 Å². The summed E-state index contributed by atoms with van der Waals surface area (Å²) in [5, 5.41) is 11.0. The molecule has 2 fully saturated rings. The van der Waals surface area contributed by atoms with Gasteiger partial charge in [-0.05, 0) is 37.8 Å². The predicted octanol–water partition coefficient (Wildman–Crippen LogP) is 1.99. The molecule has 16 heavy (non-hydrogen) atoms. The molecule has 1 saturated carbocycles. The first kappa shape index (κ1) is 10.3. The molecule has 2 bridgehead atoms. The second-order valence-corrected chi connectivity index (χ2v) is 5.39. The van der Waals surface area contributed by atoms with Crippen molar-refractivity contribution in [2.45, 2.75) is 30.9 Å². The molecule has 1 aliphatic carbocycles. The zero-order valence-electron chi connectivity index (χ0n) is 9.76. The van der Waals surface area contributed by atoms with Gasteiger partial charge in [0.2, 0.25) is 0 Å². The van der Waals surface area contributed by atoms with Gasteiger partial charge < -0.3 is 5.11 Å². The fourth-order valence-electron chi connectivity index (χ4n) is 3.53. The van der Waals surface area contributed by atoms with Gasteiger partial charge in [-0.15, -0.1) is 0 Å². The monoisotopic (exact) mass is 217 g/mol. The second-order valence-electron chi connectivity index (χ2n) is 5.39. The van der Waals surface area contributed by atoms with Crippen LogP contribution in [-0.4, -0.2) is 29.6 Å². The van der Waals surface area contributed by atoms with Crippen LogP contribution in [0.4, 0.5) is 0 Å². The highest BCUT2D eigenvalue weighted by Crippen LogP contribution is 2.46. The number of rotatable bonds is 1. The SMILES string of the molecule is CN1CC2CCC(O)(c3ccccc3)C1C2. The maximum Gasteiger partial charge on any atom is 0.105 e. The number of hydrogen-bond donors (Lipinski definition) is 1. The maximum absolute atomic E-state index is 11.0. The van der Waals surface area contributed by atoms with Crippen LogP contribution < -0.4 is 0 Å². The average molecular weight is 217 g/mol. The highest BCUT2D eigenvalue weighted by Gasteiger charge is 2.49. The Labute approximate surface area is 96.9 Å². The van der Waals surface area contributed by atoms with Gasteiger partial charge >= 0.3 is 0 Å². The van der Waals surface area contributed by atoms with E-state index in [1.807, 2.05) is 18.2 Å². The summed E-state index contributed by atoms with van der Waals surface area (Å²) in [5.74, 6) is 0.805. The van der Waals surface area contributed by atoms with Gasteiger partial charge in [0.15, 0.2) is 0 Å². The molecule has 2 heteroatoms. The summed E-state index contributed by atoms with van der Waals surface area (Å²) in [7, 11) is 2.14. The average Bonchev–Trinajstić information content (AvgIpc) is 2.64. The number of fused-ring (bicyclic) bond motifs is 2. The van der Waals surface area contributed by atoms with Crippen molar-refractivity contribution in [3.05, 3.63) is 35.9 Å². The third kappa shape index (κ3) is 1.40. The van der Waals surface area contributed by atoms with Crippen LogP contribution in [0.5, 0.6) is 0 Å². The fourth-order valence-corrected chi connectivity index (χ4v) is 3.53. The van der Waals surface area contributed by atoms with E-state index in [9.17, 15) is 5.11 Å². The smallest absolute Gasteiger partial charge is 0.105 e. The number of hydrogen-bond acceptors (Lipinski definition) is 2. The van der Waals surface area contributed by atoms with Crippen molar-refractivity contribution < 1.29 is 5.11 Å². The van der Waals surface area contributed by atoms with E-state index >= 15 is 0 Å². The summed E-state index contributed by atoms with van der Waals surface area (Å²) in [5.41, 5.74) is 0.468. The molecule has 86 valence electrons. The van der Waals surface area contributed by atoms with E-state index in [4.69, 9.17) is 0 Å². The van der Waals surface area contributed by atoms with Crippen LogP contribution in [0.3, 0.4) is 0 Å². The molecule has 1 aromatic rings. The molecule has 3 atom stereocenters. The zero-order valence-corrected chi connectivity index (χ0v) is 9.76. The third-order valence-electron chi connectivity index (χ3n) is 4.39. The number of likely N-dealkylation sites (tertiary alicyclic amines) is 1. The largest absolute Gasteiger partial charge is 0.384 e. The Morgan fingerprint density at radius 1 is 1.31 bits per heavy atom. The molecule has 0 radical (unpaired) electrons. The molecule has 0 amide bonds. The molecule has 2 aliphatic rings. The third-order valence-corrected chi connectivity index (χ3v) is 4.39. The summed E-state index contributed by atoms with van der Waals surface area (Å²) in [6.07, 6.45) is 3.23. The summed E-state index contributed by atoms with van der Waals surface area (Å²) < 4.78 is 0. The Hall–Kier alpha value is -0.860. The molecular formula is C14H19NO. The molecule has 0 aromatic heterocycles. The van der Waals surface area contributed by atoms with Crippen LogP contribution in [-0.2, 0) is 5.60 Å². The van der Waals surface area contributed by atoms with Crippen molar-refractivity contribution in [1.82, 2.24) is 4.90 Å². The van der Waals surface area contributed by atoms with Gasteiger partial charge in [0.25, 0.3) is 0 Å². The van der Waals surface area contributed by atoms with Gasteiger partial charge in [-0.25, -0.2) is 0 Å². The van der Waals surface area contributed by atoms with Crippen LogP contribution in [0.1, 0.15) is 24.8 Å². The van der Waals surface area contributed by atoms with E-state index < -0.39 is 5.60 Å². The normalized spacial score (nSPS) is 38.9. The number of aliphatic hydroxyl groups is 1.